The molecule has 1 heterocycles. The molecule has 0 saturated carbocycles. The van der Waals surface area contributed by atoms with Crippen LogP contribution in [0.25, 0.3) is 22.3 Å². The van der Waals surface area contributed by atoms with Gasteiger partial charge in [-0.2, -0.15) is 0 Å². The number of halogens is 1. The molecule has 2 atom stereocenters. The van der Waals surface area contributed by atoms with Crippen LogP contribution in [0.1, 0.15) is 66.5 Å². The Bertz CT molecular complexity index is 1560. The van der Waals surface area contributed by atoms with Crippen molar-refractivity contribution in [2.45, 2.75) is 70.9 Å². The van der Waals surface area contributed by atoms with Gasteiger partial charge in [0.15, 0.2) is 0 Å². The Balaban J connectivity index is 0.00000552. The molecule has 0 saturated heterocycles. The van der Waals surface area contributed by atoms with E-state index in [0.717, 1.165) is 27.9 Å². The van der Waals surface area contributed by atoms with Crippen LogP contribution in [0.4, 0.5) is 4.39 Å². The number of aliphatic hydroxyl groups is 3. The van der Waals surface area contributed by atoms with Gasteiger partial charge in [-0.05, 0) is 67.5 Å². The second kappa shape index (κ2) is 16.8. The standard InChI is InChI=1S/C35H39FN2O6.Na.H/c1-22(2)38-30(17-16-28(40)18-29(41)19-31(42)43)32(26-12-14-27(36)15-13-26)33(25-6-4-3-5-7-25)34(38)35(44)37-20-23-8-10-24(21-39)11-9-23;;/h3-15,22,28-29,39-41H,16-21H2,1-2H3,(H,37,44)(H,42,43);;/t28-,29-;;/m1../s1. The van der Waals surface area contributed by atoms with Crippen LogP contribution in [0, 0.1) is 5.82 Å². The van der Waals surface area contributed by atoms with Crippen molar-refractivity contribution in [1.82, 2.24) is 9.88 Å². The molecule has 10 heteroatoms. The fraction of sp³-hybridized carbons (Fsp3) is 0.314. The van der Waals surface area contributed by atoms with Crippen LogP contribution in [0.15, 0.2) is 78.9 Å². The first-order valence-corrected chi connectivity index (χ1v) is 14.7. The average Bonchev–Trinajstić information content (AvgIpc) is 3.35. The molecule has 0 aliphatic carbocycles. The Labute approximate surface area is 284 Å². The normalized spacial score (nSPS) is 12.4. The topological polar surface area (TPSA) is 132 Å². The molecule has 0 aliphatic rings. The van der Waals surface area contributed by atoms with Crippen molar-refractivity contribution < 1.29 is 34.4 Å². The zero-order chi connectivity index (χ0) is 31.8. The van der Waals surface area contributed by atoms with Crippen LogP contribution in [0.3, 0.4) is 0 Å². The second-order valence-corrected chi connectivity index (χ2v) is 11.2. The summed E-state index contributed by atoms with van der Waals surface area (Å²) in [6.45, 7) is 4.11. The minimum absolute atomic E-state index is 0. The molecule has 5 N–H and O–H groups in total. The fourth-order valence-electron chi connectivity index (χ4n) is 5.54. The third-order valence-corrected chi connectivity index (χ3v) is 7.56. The summed E-state index contributed by atoms with van der Waals surface area (Å²) in [5, 5.41) is 42.3. The molecule has 45 heavy (non-hydrogen) atoms. The van der Waals surface area contributed by atoms with Gasteiger partial charge in [-0.3, -0.25) is 9.59 Å². The van der Waals surface area contributed by atoms with Gasteiger partial charge in [-0.25, -0.2) is 4.39 Å². The molecule has 0 bridgehead atoms. The number of nitrogens with zero attached hydrogens (tertiary/aromatic N) is 1. The van der Waals surface area contributed by atoms with E-state index in [2.05, 4.69) is 5.32 Å². The molecule has 1 amide bonds. The van der Waals surface area contributed by atoms with Gasteiger partial charge in [0.25, 0.3) is 5.91 Å². The number of carbonyl (C=O) groups excluding carboxylic acids is 1. The van der Waals surface area contributed by atoms with Gasteiger partial charge in [0.1, 0.15) is 11.5 Å². The molecule has 4 rings (SSSR count). The molecule has 1 aromatic heterocycles. The van der Waals surface area contributed by atoms with Gasteiger partial charge >= 0.3 is 35.5 Å². The van der Waals surface area contributed by atoms with Gasteiger partial charge < -0.3 is 30.3 Å². The zero-order valence-electron chi connectivity index (χ0n) is 24.9. The molecule has 0 aliphatic heterocycles. The average molecular weight is 627 g/mol. The van der Waals surface area contributed by atoms with E-state index in [1.165, 1.54) is 12.1 Å². The number of aliphatic carboxylic acids is 1. The number of hydrogen-bond donors (Lipinski definition) is 5. The predicted molar refractivity (Wildman–Crippen MR) is 174 cm³/mol. The first kappa shape index (κ1) is 36.2. The Hall–Kier alpha value is -3.31. The summed E-state index contributed by atoms with van der Waals surface area (Å²) >= 11 is 0. The summed E-state index contributed by atoms with van der Waals surface area (Å²) in [6, 6.07) is 22.7. The molecule has 234 valence electrons. The maximum absolute atomic E-state index is 14.1. The van der Waals surface area contributed by atoms with Crippen molar-refractivity contribution in [3.8, 4) is 22.3 Å². The third kappa shape index (κ3) is 9.36. The number of aliphatic hydroxyl groups excluding tert-OH is 3. The third-order valence-electron chi connectivity index (χ3n) is 7.56. The van der Waals surface area contributed by atoms with Gasteiger partial charge in [0.2, 0.25) is 0 Å². The molecule has 0 spiro atoms. The first-order chi connectivity index (χ1) is 21.1. The van der Waals surface area contributed by atoms with Crippen molar-refractivity contribution in [3.05, 3.63) is 107 Å². The Morgan fingerprint density at radius 2 is 1.44 bits per heavy atom. The number of carboxylic acid groups (broad SMARTS) is 1. The molecule has 3 aromatic carbocycles. The summed E-state index contributed by atoms with van der Waals surface area (Å²) in [4.78, 5) is 25.1. The zero-order valence-corrected chi connectivity index (χ0v) is 24.9. The second-order valence-electron chi connectivity index (χ2n) is 11.2. The molecule has 0 fully saturated rings. The number of aromatic nitrogens is 1. The van der Waals surface area contributed by atoms with E-state index in [1.54, 1.807) is 24.3 Å². The van der Waals surface area contributed by atoms with Crippen molar-refractivity contribution in [2.75, 3.05) is 0 Å². The molecular weight excluding hydrogens is 586 g/mol. The summed E-state index contributed by atoms with van der Waals surface area (Å²) in [6.07, 6.45) is -2.24. The van der Waals surface area contributed by atoms with Gasteiger partial charge in [-0.1, -0.05) is 66.7 Å². The van der Waals surface area contributed by atoms with E-state index in [4.69, 9.17) is 5.11 Å². The molecule has 4 aromatic rings. The Morgan fingerprint density at radius 3 is 2.02 bits per heavy atom. The van der Waals surface area contributed by atoms with E-state index in [-0.39, 0.29) is 67.5 Å². The van der Waals surface area contributed by atoms with Gasteiger partial charge in [0, 0.05) is 29.4 Å². The van der Waals surface area contributed by atoms with Crippen LogP contribution in [0.5, 0.6) is 0 Å². The number of rotatable bonds is 14. The van der Waals surface area contributed by atoms with Crippen molar-refractivity contribution in [2.24, 2.45) is 0 Å². The molecule has 8 nitrogen and oxygen atoms in total. The van der Waals surface area contributed by atoms with E-state index in [9.17, 15) is 29.3 Å². The van der Waals surface area contributed by atoms with E-state index < -0.39 is 30.4 Å². The quantitative estimate of drug-likeness (QED) is 0.127. The van der Waals surface area contributed by atoms with Gasteiger partial charge in [0.05, 0.1) is 25.2 Å². The van der Waals surface area contributed by atoms with Gasteiger partial charge in [-0.15, -0.1) is 0 Å². The number of hydrogen-bond acceptors (Lipinski definition) is 5. The number of carboxylic acids is 1. The molecule has 0 radical (unpaired) electrons. The summed E-state index contributed by atoms with van der Waals surface area (Å²) < 4.78 is 16.0. The number of nitrogens with one attached hydrogen (secondary N) is 1. The number of carbonyl (C=O) groups is 2. The van der Waals surface area contributed by atoms with E-state index in [0.29, 0.717) is 23.2 Å². The monoisotopic (exact) mass is 626 g/mol. The summed E-state index contributed by atoms with van der Waals surface area (Å²) in [7, 11) is 0. The van der Waals surface area contributed by atoms with Crippen molar-refractivity contribution in [1.29, 1.82) is 0 Å². The van der Waals surface area contributed by atoms with Crippen LogP contribution < -0.4 is 5.32 Å². The molecular formula is C35H40FN2NaO6. The predicted octanol–water partition coefficient (Wildman–Crippen LogP) is 4.84. The van der Waals surface area contributed by atoms with E-state index in [1.807, 2.05) is 60.9 Å². The van der Waals surface area contributed by atoms with Crippen LogP contribution in [0.2, 0.25) is 0 Å². The maximum atomic E-state index is 14.1. The summed E-state index contributed by atoms with van der Waals surface area (Å²) in [5.74, 6) is -1.85. The SMILES string of the molecule is CC(C)n1c(CC[C@@H](O)C[C@@H](O)CC(=O)O)c(-c2ccc(F)cc2)c(-c2ccccc2)c1C(=O)NCc1ccc(CO)cc1.[NaH]. The molecule has 0 unspecified atom stereocenters. The van der Waals surface area contributed by atoms with Crippen molar-refractivity contribution >= 4 is 41.4 Å². The minimum atomic E-state index is -1.19. The van der Waals surface area contributed by atoms with E-state index >= 15 is 0 Å². The fourth-order valence-corrected chi connectivity index (χ4v) is 5.54. The van der Waals surface area contributed by atoms with Crippen LogP contribution in [-0.4, -0.2) is 78.6 Å². The Morgan fingerprint density at radius 1 is 0.844 bits per heavy atom. The Kier molecular flexibility index (Phi) is 13.5. The van der Waals surface area contributed by atoms with Crippen LogP contribution in [-0.2, 0) is 24.4 Å². The van der Waals surface area contributed by atoms with Crippen LogP contribution >= 0.6 is 0 Å². The number of benzene rings is 3. The van der Waals surface area contributed by atoms with Crippen molar-refractivity contribution in [3.63, 3.8) is 0 Å². The summed E-state index contributed by atoms with van der Waals surface area (Å²) in [5.41, 5.74) is 5.72. The number of amides is 1. The first-order valence-electron chi connectivity index (χ1n) is 14.7.